The van der Waals surface area contributed by atoms with Crippen LogP contribution in [0.1, 0.15) is 11.1 Å². The summed E-state index contributed by atoms with van der Waals surface area (Å²) >= 11 is 0. The lowest BCUT2D eigenvalue weighted by Crippen LogP contribution is -2.37. The molecule has 94 valence electrons. The van der Waals surface area contributed by atoms with Gasteiger partial charge in [-0.2, -0.15) is 0 Å². The van der Waals surface area contributed by atoms with Gasteiger partial charge in [0.25, 0.3) is 0 Å². The predicted octanol–water partition coefficient (Wildman–Crippen LogP) is 0.726. The number of nitrogens with zero attached hydrogens (tertiary/aromatic N) is 1. The van der Waals surface area contributed by atoms with E-state index in [1.54, 1.807) is 0 Å². The van der Waals surface area contributed by atoms with Crippen LogP contribution < -0.4 is 5.73 Å². The van der Waals surface area contributed by atoms with Crippen LogP contribution in [0.25, 0.3) is 0 Å². The van der Waals surface area contributed by atoms with Gasteiger partial charge in [-0.25, -0.2) is 0 Å². The highest BCUT2D eigenvalue weighted by atomic mass is 16.5. The number of hydrogen-bond acceptors (Lipinski definition) is 4. The topological polar surface area (TPSA) is 58.7 Å². The molecule has 3 N–H and O–H groups in total. The lowest BCUT2D eigenvalue weighted by atomic mass is 10.1. The fourth-order valence-corrected chi connectivity index (χ4v) is 2.11. The van der Waals surface area contributed by atoms with Gasteiger partial charge in [0.15, 0.2) is 0 Å². The molecule has 2 rings (SSSR count). The third kappa shape index (κ3) is 3.19. The van der Waals surface area contributed by atoms with Crippen LogP contribution in [0.15, 0.2) is 18.2 Å². The summed E-state index contributed by atoms with van der Waals surface area (Å²) in [6.45, 7) is 4.94. The second-order valence-electron chi connectivity index (χ2n) is 4.33. The maximum absolute atomic E-state index is 10.00. The zero-order valence-electron chi connectivity index (χ0n) is 10.1. The predicted molar refractivity (Wildman–Crippen MR) is 67.0 cm³/mol. The van der Waals surface area contributed by atoms with Gasteiger partial charge < -0.3 is 15.6 Å². The highest BCUT2D eigenvalue weighted by Crippen LogP contribution is 2.22. The molecule has 0 atom stereocenters. The van der Waals surface area contributed by atoms with Crippen molar-refractivity contribution in [3.05, 3.63) is 29.3 Å². The molecule has 1 heterocycles. The quantitative estimate of drug-likeness (QED) is 0.809. The lowest BCUT2D eigenvalue weighted by Gasteiger charge is -2.26. The van der Waals surface area contributed by atoms with Crippen LogP contribution in [0.3, 0.4) is 0 Å². The number of para-hydroxylation sites is 1. The zero-order chi connectivity index (χ0) is 12.1. The van der Waals surface area contributed by atoms with Crippen LogP contribution in [0.4, 0.5) is 0 Å². The molecule has 17 heavy (non-hydrogen) atoms. The minimum atomic E-state index is 0.364. The van der Waals surface area contributed by atoms with Crippen LogP contribution in [-0.2, 0) is 17.7 Å². The van der Waals surface area contributed by atoms with Gasteiger partial charge in [0.2, 0.25) is 0 Å². The molecular weight excluding hydrogens is 216 g/mol. The summed E-state index contributed by atoms with van der Waals surface area (Å²) in [6.07, 6.45) is 0.861. The first-order chi connectivity index (χ1) is 8.31. The van der Waals surface area contributed by atoms with E-state index in [1.807, 2.05) is 18.2 Å². The average molecular weight is 236 g/mol. The zero-order valence-corrected chi connectivity index (χ0v) is 10.1. The maximum Gasteiger partial charge on any atom is 0.123 e. The number of ether oxygens (including phenoxy) is 1. The first kappa shape index (κ1) is 12.4. The molecule has 1 aliphatic rings. The summed E-state index contributed by atoms with van der Waals surface area (Å²) in [5.41, 5.74) is 7.38. The summed E-state index contributed by atoms with van der Waals surface area (Å²) in [7, 11) is 0. The van der Waals surface area contributed by atoms with E-state index in [0.29, 0.717) is 12.3 Å². The van der Waals surface area contributed by atoms with Gasteiger partial charge in [0.05, 0.1) is 13.2 Å². The fourth-order valence-electron chi connectivity index (χ4n) is 2.11. The van der Waals surface area contributed by atoms with Crippen molar-refractivity contribution in [2.24, 2.45) is 5.73 Å². The third-order valence-electron chi connectivity index (χ3n) is 3.22. The number of nitrogens with two attached hydrogens (primary N) is 1. The highest BCUT2D eigenvalue weighted by molar-refractivity contribution is 5.40. The van der Waals surface area contributed by atoms with E-state index in [4.69, 9.17) is 10.5 Å². The van der Waals surface area contributed by atoms with Crippen LogP contribution in [0.5, 0.6) is 5.75 Å². The van der Waals surface area contributed by atoms with Crippen molar-refractivity contribution in [2.75, 3.05) is 32.8 Å². The van der Waals surface area contributed by atoms with E-state index >= 15 is 0 Å². The summed E-state index contributed by atoms with van der Waals surface area (Å²) in [6, 6.07) is 5.79. The summed E-state index contributed by atoms with van der Waals surface area (Å²) in [5.74, 6) is 0.364. The molecule has 1 aromatic rings. The SMILES string of the molecule is NCc1cccc(CCN2CCOCC2)c1O. The van der Waals surface area contributed by atoms with Gasteiger partial charge in [-0.3, -0.25) is 4.90 Å². The smallest absolute Gasteiger partial charge is 0.123 e. The van der Waals surface area contributed by atoms with Gasteiger partial charge in [-0.05, 0) is 12.0 Å². The molecular formula is C13H20N2O2. The normalized spacial score (nSPS) is 17.2. The Bertz CT molecular complexity index is 362. The molecule has 0 bridgehead atoms. The Kier molecular flexibility index (Phi) is 4.36. The van der Waals surface area contributed by atoms with Gasteiger partial charge in [-0.1, -0.05) is 18.2 Å². The van der Waals surface area contributed by atoms with Crippen molar-refractivity contribution in [3.8, 4) is 5.75 Å². The molecule has 0 aromatic heterocycles. The fraction of sp³-hybridized carbons (Fsp3) is 0.538. The largest absolute Gasteiger partial charge is 0.507 e. The molecule has 1 aromatic carbocycles. The Hall–Kier alpha value is -1.10. The van der Waals surface area contributed by atoms with Crippen molar-refractivity contribution < 1.29 is 9.84 Å². The number of benzene rings is 1. The number of aromatic hydroxyl groups is 1. The Morgan fingerprint density at radius 1 is 1.24 bits per heavy atom. The van der Waals surface area contributed by atoms with Crippen molar-refractivity contribution in [1.82, 2.24) is 4.90 Å². The molecule has 0 saturated carbocycles. The molecule has 0 amide bonds. The van der Waals surface area contributed by atoms with Crippen LogP contribution in [-0.4, -0.2) is 42.9 Å². The standard InChI is InChI=1S/C13H20N2O2/c14-10-12-3-1-2-11(13(12)16)4-5-15-6-8-17-9-7-15/h1-3,16H,4-10,14H2. The molecule has 0 aliphatic carbocycles. The molecule has 0 unspecified atom stereocenters. The molecule has 4 heteroatoms. The van der Waals surface area contributed by atoms with Gasteiger partial charge in [-0.15, -0.1) is 0 Å². The molecule has 0 spiro atoms. The van der Waals surface area contributed by atoms with Crippen molar-refractivity contribution in [2.45, 2.75) is 13.0 Å². The Balaban J connectivity index is 1.93. The van der Waals surface area contributed by atoms with Gasteiger partial charge >= 0.3 is 0 Å². The third-order valence-corrected chi connectivity index (χ3v) is 3.22. The summed E-state index contributed by atoms with van der Waals surface area (Å²) in [5, 5.41) is 10.00. The first-order valence-corrected chi connectivity index (χ1v) is 6.11. The minimum absolute atomic E-state index is 0.364. The van der Waals surface area contributed by atoms with Crippen molar-refractivity contribution in [3.63, 3.8) is 0 Å². The van der Waals surface area contributed by atoms with E-state index in [-0.39, 0.29) is 0 Å². The summed E-state index contributed by atoms with van der Waals surface area (Å²) < 4.78 is 5.30. The average Bonchev–Trinajstić information content (AvgIpc) is 2.39. The van der Waals surface area contributed by atoms with E-state index < -0.39 is 0 Å². The van der Waals surface area contributed by atoms with Crippen LogP contribution in [0.2, 0.25) is 0 Å². The number of phenols is 1. The monoisotopic (exact) mass is 236 g/mol. The number of morpholine rings is 1. The van der Waals surface area contributed by atoms with E-state index in [9.17, 15) is 5.11 Å². The Labute approximate surface area is 102 Å². The molecule has 1 aliphatic heterocycles. The first-order valence-electron chi connectivity index (χ1n) is 6.11. The molecule has 4 nitrogen and oxygen atoms in total. The van der Waals surface area contributed by atoms with Crippen molar-refractivity contribution >= 4 is 0 Å². The van der Waals surface area contributed by atoms with E-state index in [2.05, 4.69) is 4.90 Å². The highest BCUT2D eigenvalue weighted by Gasteiger charge is 2.11. The maximum atomic E-state index is 10.00. The summed E-state index contributed by atoms with van der Waals surface area (Å²) in [4.78, 5) is 2.36. The Morgan fingerprint density at radius 2 is 1.94 bits per heavy atom. The molecule has 1 saturated heterocycles. The van der Waals surface area contributed by atoms with E-state index in [1.165, 1.54) is 0 Å². The number of hydrogen-bond donors (Lipinski definition) is 2. The second-order valence-corrected chi connectivity index (χ2v) is 4.33. The van der Waals surface area contributed by atoms with Crippen LogP contribution >= 0.6 is 0 Å². The lowest BCUT2D eigenvalue weighted by molar-refractivity contribution is 0.0384. The number of rotatable bonds is 4. The molecule has 0 radical (unpaired) electrons. The number of phenolic OH excluding ortho intramolecular Hbond substituents is 1. The van der Waals surface area contributed by atoms with Gasteiger partial charge in [0, 0.05) is 31.7 Å². The van der Waals surface area contributed by atoms with Crippen molar-refractivity contribution in [1.29, 1.82) is 0 Å². The van der Waals surface area contributed by atoms with Crippen LogP contribution in [0, 0.1) is 0 Å². The molecule has 1 fully saturated rings. The Morgan fingerprint density at radius 3 is 2.65 bits per heavy atom. The van der Waals surface area contributed by atoms with E-state index in [0.717, 1.165) is 50.4 Å². The minimum Gasteiger partial charge on any atom is -0.507 e. The van der Waals surface area contributed by atoms with Gasteiger partial charge in [0.1, 0.15) is 5.75 Å². The second kappa shape index (κ2) is 6.00.